The van der Waals surface area contributed by atoms with Gasteiger partial charge in [-0.3, -0.25) is 4.98 Å². The molecule has 4 heterocycles. The van der Waals surface area contributed by atoms with Gasteiger partial charge >= 0.3 is 0 Å². The summed E-state index contributed by atoms with van der Waals surface area (Å²) in [5.74, 6) is 0.738. The Morgan fingerprint density at radius 2 is 2.00 bits per heavy atom. The fourth-order valence-corrected chi connectivity index (χ4v) is 2.92. The van der Waals surface area contributed by atoms with Crippen LogP contribution in [-0.4, -0.2) is 37.7 Å². The minimum absolute atomic E-state index is 0.178. The van der Waals surface area contributed by atoms with Crippen molar-refractivity contribution in [2.24, 2.45) is 0 Å². The van der Waals surface area contributed by atoms with Gasteiger partial charge in [-0.2, -0.15) is 0 Å². The summed E-state index contributed by atoms with van der Waals surface area (Å²) in [5.41, 5.74) is 2.21. The van der Waals surface area contributed by atoms with Crippen LogP contribution in [0.5, 0.6) is 0 Å². The fourth-order valence-electron chi connectivity index (χ4n) is 2.92. The molecule has 1 atom stereocenters. The minimum Gasteiger partial charge on any atom is -0.374 e. The second-order valence-electron chi connectivity index (χ2n) is 5.75. The van der Waals surface area contributed by atoms with Gasteiger partial charge in [-0.25, -0.2) is 15.0 Å². The predicted molar refractivity (Wildman–Crippen MR) is 88.2 cm³/mol. The highest BCUT2D eigenvalue weighted by Gasteiger charge is 2.26. The molecule has 24 heavy (non-hydrogen) atoms. The summed E-state index contributed by atoms with van der Waals surface area (Å²) in [6.45, 7) is 2.70. The van der Waals surface area contributed by atoms with Gasteiger partial charge in [-0.1, -0.05) is 6.07 Å². The Bertz CT molecular complexity index is 776. The molecular weight excluding hydrogens is 304 g/mol. The first-order valence-corrected chi connectivity index (χ1v) is 7.89. The average molecular weight is 322 g/mol. The number of imidazole rings is 1. The van der Waals surface area contributed by atoms with Crippen molar-refractivity contribution in [3.63, 3.8) is 0 Å². The van der Waals surface area contributed by atoms with Crippen LogP contribution in [-0.2, 0) is 17.9 Å². The van der Waals surface area contributed by atoms with Crippen LogP contribution in [0.15, 0.2) is 55.5 Å². The molecule has 0 radical (unpaired) electrons. The van der Waals surface area contributed by atoms with Crippen molar-refractivity contribution in [3.8, 4) is 0 Å². The number of hydrogen-bond donors (Lipinski definition) is 0. The highest BCUT2D eigenvalue weighted by Crippen LogP contribution is 2.24. The molecule has 0 N–H and O–H groups in total. The maximum Gasteiger partial charge on any atom is 0.225 e. The molecule has 0 saturated heterocycles. The smallest absolute Gasteiger partial charge is 0.225 e. The first-order chi connectivity index (χ1) is 11.9. The molecule has 3 aromatic heterocycles. The lowest BCUT2D eigenvalue weighted by Crippen LogP contribution is -2.39. The van der Waals surface area contributed by atoms with E-state index in [0.717, 1.165) is 30.3 Å². The molecule has 0 spiro atoms. The number of rotatable bonds is 5. The topological polar surface area (TPSA) is 69.0 Å². The molecular formula is C17H18N6O. The van der Waals surface area contributed by atoms with Crippen LogP contribution >= 0.6 is 0 Å². The van der Waals surface area contributed by atoms with E-state index in [0.29, 0.717) is 13.2 Å². The Kier molecular flexibility index (Phi) is 4.16. The molecule has 1 aliphatic heterocycles. The number of pyridine rings is 1. The number of fused-ring (bicyclic) bond motifs is 1. The number of anilines is 1. The van der Waals surface area contributed by atoms with Gasteiger partial charge < -0.3 is 14.2 Å². The molecule has 0 aromatic carbocycles. The van der Waals surface area contributed by atoms with Gasteiger partial charge in [0.25, 0.3) is 0 Å². The number of aromatic nitrogens is 5. The largest absolute Gasteiger partial charge is 0.374 e. The third-order valence-corrected chi connectivity index (χ3v) is 4.06. The van der Waals surface area contributed by atoms with Gasteiger partial charge in [0.1, 0.15) is 0 Å². The summed E-state index contributed by atoms with van der Waals surface area (Å²) < 4.78 is 8.10. The monoisotopic (exact) mass is 322 g/mol. The zero-order valence-corrected chi connectivity index (χ0v) is 13.2. The SMILES string of the molecule is c1cnc(N2Cc3cncn3C(COCc3cccnc3)C2)nc1. The summed E-state index contributed by atoms with van der Waals surface area (Å²) in [5, 5.41) is 0. The molecule has 0 fully saturated rings. The number of nitrogens with zero attached hydrogens (tertiary/aromatic N) is 6. The van der Waals surface area contributed by atoms with Crippen molar-refractivity contribution in [3.05, 3.63) is 66.8 Å². The van der Waals surface area contributed by atoms with Gasteiger partial charge in [0.15, 0.2) is 0 Å². The van der Waals surface area contributed by atoms with E-state index in [1.165, 1.54) is 0 Å². The van der Waals surface area contributed by atoms with Gasteiger partial charge in [-0.15, -0.1) is 0 Å². The summed E-state index contributed by atoms with van der Waals surface area (Å²) in [7, 11) is 0. The Balaban J connectivity index is 1.46. The van der Waals surface area contributed by atoms with Gasteiger partial charge in [0, 0.05) is 37.5 Å². The maximum absolute atomic E-state index is 5.91. The Hall–Kier alpha value is -2.80. The lowest BCUT2D eigenvalue weighted by molar-refractivity contribution is 0.0876. The van der Waals surface area contributed by atoms with Crippen LogP contribution in [0, 0.1) is 0 Å². The van der Waals surface area contributed by atoms with E-state index >= 15 is 0 Å². The van der Waals surface area contributed by atoms with E-state index in [1.54, 1.807) is 18.6 Å². The van der Waals surface area contributed by atoms with Crippen LogP contribution in [0.2, 0.25) is 0 Å². The molecule has 1 aliphatic rings. The average Bonchev–Trinajstić information content (AvgIpc) is 3.12. The van der Waals surface area contributed by atoms with E-state index in [-0.39, 0.29) is 6.04 Å². The Morgan fingerprint density at radius 1 is 1.08 bits per heavy atom. The molecule has 1 unspecified atom stereocenters. The van der Waals surface area contributed by atoms with Crippen molar-refractivity contribution in [1.82, 2.24) is 24.5 Å². The molecule has 0 saturated carbocycles. The highest BCUT2D eigenvalue weighted by atomic mass is 16.5. The summed E-state index contributed by atoms with van der Waals surface area (Å²) >= 11 is 0. The minimum atomic E-state index is 0.178. The van der Waals surface area contributed by atoms with Crippen molar-refractivity contribution < 1.29 is 4.74 Å². The lowest BCUT2D eigenvalue weighted by atomic mass is 10.2. The third kappa shape index (κ3) is 3.11. The van der Waals surface area contributed by atoms with Crippen molar-refractivity contribution in [1.29, 1.82) is 0 Å². The molecule has 4 rings (SSSR count). The number of hydrogen-bond acceptors (Lipinski definition) is 6. The summed E-state index contributed by atoms with van der Waals surface area (Å²) in [6, 6.07) is 5.94. The van der Waals surface area contributed by atoms with Crippen LogP contribution in [0.3, 0.4) is 0 Å². The predicted octanol–water partition coefficient (Wildman–Crippen LogP) is 1.85. The third-order valence-electron chi connectivity index (χ3n) is 4.06. The van der Waals surface area contributed by atoms with E-state index in [1.807, 2.05) is 36.9 Å². The summed E-state index contributed by atoms with van der Waals surface area (Å²) in [6.07, 6.45) is 10.9. The first-order valence-electron chi connectivity index (χ1n) is 7.89. The van der Waals surface area contributed by atoms with Gasteiger partial charge in [0.05, 0.1) is 37.8 Å². The molecule has 0 bridgehead atoms. The molecule has 0 amide bonds. The second kappa shape index (κ2) is 6.76. The quantitative estimate of drug-likeness (QED) is 0.714. The van der Waals surface area contributed by atoms with E-state index < -0.39 is 0 Å². The molecule has 7 nitrogen and oxygen atoms in total. The lowest BCUT2D eigenvalue weighted by Gasteiger charge is -2.34. The van der Waals surface area contributed by atoms with Crippen LogP contribution in [0.4, 0.5) is 5.95 Å². The van der Waals surface area contributed by atoms with Gasteiger partial charge in [-0.05, 0) is 17.7 Å². The van der Waals surface area contributed by atoms with Crippen molar-refractivity contribution in [2.75, 3.05) is 18.1 Å². The van der Waals surface area contributed by atoms with E-state index in [2.05, 4.69) is 29.4 Å². The Labute approximate surface area is 140 Å². The zero-order valence-electron chi connectivity index (χ0n) is 13.2. The van der Waals surface area contributed by atoms with Crippen molar-refractivity contribution >= 4 is 5.95 Å². The number of ether oxygens (including phenoxy) is 1. The van der Waals surface area contributed by atoms with E-state index in [9.17, 15) is 0 Å². The Morgan fingerprint density at radius 3 is 2.83 bits per heavy atom. The standard InChI is InChI=1S/C17H18N6O/c1-3-14(7-18-4-1)11-24-12-16-10-22(17-20-5-2-6-21-17)9-15-8-19-13-23(15)16/h1-8,13,16H,9-12H2. The molecule has 7 heteroatoms. The van der Waals surface area contributed by atoms with Crippen LogP contribution in [0.25, 0.3) is 0 Å². The van der Waals surface area contributed by atoms with Crippen molar-refractivity contribution in [2.45, 2.75) is 19.2 Å². The second-order valence-corrected chi connectivity index (χ2v) is 5.75. The molecule has 122 valence electrons. The summed E-state index contributed by atoms with van der Waals surface area (Å²) in [4.78, 5) is 19.3. The fraction of sp³-hybridized carbons (Fsp3) is 0.294. The maximum atomic E-state index is 5.91. The first kappa shape index (κ1) is 14.8. The molecule has 3 aromatic rings. The highest BCUT2D eigenvalue weighted by molar-refractivity contribution is 5.32. The van der Waals surface area contributed by atoms with Crippen LogP contribution in [0.1, 0.15) is 17.3 Å². The normalized spacial score (nSPS) is 16.8. The zero-order chi connectivity index (χ0) is 16.2. The van der Waals surface area contributed by atoms with Gasteiger partial charge in [0.2, 0.25) is 5.95 Å². The van der Waals surface area contributed by atoms with E-state index in [4.69, 9.17) is 4.74 Å². The van der Waals surface area contributed by atoms with Crippen LogP contribution < -0.4 is 4.90 Å². The molecule has 0 aliphatic carbocycles.